The summed E-state index contributed by atoms with van der Waals surface area (Å²) < 4.78 is 34.3. The molecule has 4 rings (SSSR count). The van der Waals surface area contributed by atoms with Crippen molar-refractivity contribution in [2.45, 2.75) is 18.0 Å². The van der Waals surface area contributed by atoms with Crippen LogP contribution in [-0.4, -0.2) is 23.7 Å². The van der Waals surface area contributed by atoms with Crippen molar-refractivity contribution in [3.63, 3.8) is 0 Å². The zero-order valence-electron chi connectivity index (χ0n) is 16.5. The molecular weight excluding hydrogens is 583 g/mol. The predicted octanol–water partition coefficient (Wildman–Crippen LogP) is 5.24. The van der Waals surface area contributed by atoms with Gasteiger partial charge >= 0.3 is 0 Å². The number of hydrogen-bond donors (Lipinski definition) is 2. The topological polar surface area (TPSA) is 101 Å². The highest BCUT2D eigenvalue weighted by Gasteiger charge is 2.24. The van der Waals surface area contributed by atoms with Gasteiger partial charge in [-0.15, -0.1) is 0 Å². The van der Waals surface area contributed by atoms with Crippen LogP contribution in [0.5, 0.6) is 0 Å². The number of aromatic nitrogens is 2. The Labute approximate surface area is 207 Å². The van der Waals surface area contributed by atoms with E-state index in [1.807, 2.05) is 19.1 Å². The molecule has 7 nitrogen and oxygen atoms in total. The van der Waals surface area contributed by atoms with Crippen molar-refractivity contribution in [1.82, 2.24) is 14.7 Å². The first-order valence-corrected chi connectivity index (χ1v) is 13.0. The molecule has 2 aromatic carbocycles. The summed E-state index contributed by atoms with van der Waals surface area (Å²) >= 11 is 9.18. The van der Waals surface area contributed by atoms with Crippen molar-refractivity contribution in [2.75, 3.05) is 4.72 Å². The number of nitrogens with zero attached hydrogens (tertiary/aromatic N) is 2. The van der Waals surface area contributed by atoms with Gasteiger partial charge in [0.2, 0.25) is 0 Å². The van der Waals surface area contributed by atoms with Crippen molar-refractivity contribution in [3.8, 4) is 0 Å². The van der Waals surface area contributed by atoms with Crippen molar-refractivity contribution < 1.29 is 13.2 Å². The summed E-state index contributed by atoms with van der Waals surface area (Å²) in [5.74, 6) is -0.412. The number of amides is 1. The third-order valence-electron chi connectivity index (χ3n) is 4.69. The van der Waals surface area contributed by atoms with E-state index < -0.39 is 15.9 Å². The van der Waals surface area contributed by atoms with E-state index in [9.17, 15) is 13.2 Å². The van der Waals surface area contributed by atoms with Crippen LogP contribution in [-0.2, 0) is 10.0 Å². The van der Waals surface area contributed by atoms with Gasteiger partial charge in [-0.25, -0.2) is 4.98 Å². The predicted molar refractivity (Wildman–Crippen MR) is 135 cm³/mol. The molecule has 1 amide bonds. The molecule has 1 atom stereocenters. The number of hydrogen-bond acceptors (Lipinski definition) is 6. The highest BCUT2D eigenvalue weighted by Crippen LogP contribution is 2.28. The molecule has 0 aliphatic heterocycles. The second kappa shape index (κ2) is 9.30. The molecule has 2 heterocycles. The Bertz CT molecular complexity index is 1410. The van der Waals surface area contributed by atoms with E-state index in [-0.39, 0.29) is 22.3 Å². The van der Waals surface area contributed by atoms with E-state index >= 15 is 0 Å². The smallest absolute Gasteiger partial charge is 0.280 e. The Morgan fingerprint density at radius 2 is 1.91 bits per heavy atom. The fraction of sp³-hybridized carbons (Fsp3) is 0.0952. The quantitative estimate of drug-likeness (QED) is 0.296. The zero-order valence-corrected chi connectivity index (χ0v) is 21.1. The van der Waals surface area contributed by atoms with Crippen molar-refractivity contribution in [3.05, 3.63) is 80.6 Å². The lowest BCUT2D eigenvalue weighted by Crippen LogP contribution is -2.28. The monoisotopic (exact) mass is 598 g/mol. The highest BCUT2D eigenvalue weighted by molar-refractivity contribution is 14.1. The van der Waals surface area contributed by atoms with Crippen LogP contribution < -0.4 is 10.0 Å². The zero-order chi connectivity index (χ0) is 22.9. The second-order valence-corrected chi connectivity index (χ2v) is 11.0. The number of halogens is 2. The minimum absolute atomic E-state index is 0.136. The molecule has 0 aliphatic rings. The summed E-state index contributed by atoms with van der Waals surface area (Å²) in [7, 11) is -4.06. The summed E-state index contributed by atoms with van der Waals surface area (Å²) in [4.78, 5) is 17.1. The fourth-order valence-electron chi connectivity index (χ4n) is 3.09. The Balaban J connectivity index is 1.64. The number of carbonyl (C=O) groups is 1. The SMILES string of the molecule is CC(NC(=O)c1ccc(I)cc1NS(=O)(=O)c1nccc2sncc12)c1ccc(Cl)cc1. The second-order valence-electron chi connectivity index (χ2n) is 6.90. The van der Waals surface area contributed by atoms with Gasteiger partial charge in [-0.1, -0.05) is 23.7 Å². The van der Waals surface area contributed by atoms with Gasteiger partial charge in [0.05, 0.1) is 33.6 Å². The minimum Gasteiger partial charge on any atom is -0.345 e. The van der Waals surface area contributed by atoms with Crippen LogP contribution in [0.1, 0.15) is 28.9 Å². The van der Waals surface area contributed by atoms with Crippen molar-refractivity contribution in [1.29, 1.82) is 0 Å². The first-order valence-electron chi connectivity index (χ1n) is 9.33. The van der Waals surface area contributed by atoms with E-state index in [2.05, 4.69) is 42.0 Å². The van der Waals surface area contributed by atoms with Crippen molar-refractivity contribution >= 4 is 77.4 Å². The molecule has 0 spiro atoms. The molecule has 164 valence electrons. The number of fused-ring (bicyclic) bond motifs is 1. The number of anilines is 1. The first-order chi connectivity index (χ1) is 15.2. The summed E-state index contributed by atoms with van der Waals surface area (Å²) in [6, 6.07) is 13.5. The Hall–Kier alpha value is -2.28. The summed E-state index contributed by atoms with van der Waals surface area (Å²) in [6.45, 7) is 1.84. The Kier molecular flexibility index (Phi) is 6.65. The van der Waals surface area contributed by atoms with E-state index in [0.29, 0.717) is 15.1 Å². The van der Waals surface area contributed by atoms with Crippen molar-refractivity contribution in [2.24, 2.45) is 0 Å². The van der Waals surface area contributed by atoms with Gasteiger partial charge in [-0.05, 0) is 83.0 Å². The van der Waals surface area contributed by atoms with Gasteiger partial charge in [0.15, 0.2) is 5.03 Å². The van der Waals surface area contributed by atoms with E-state index in [0.717, 1.165) is 9.13 Å². The summed E-state index contributed by atoms with van der Waals surface area (Å²) in [6.07, 6.45) is 2.89. The molecule has 0 fully saturated rings. The van der Waals surface area contributed by atoms with Gasteiger partial charge < -0.3 is 5.32 Å². The molecular formula is C21H16ClIN4O3S2. The molecule has 0 bridgehead atoms. The maximum Gasteiger partial charge on any atom is 0.280 e. The van der Waals surface area contributed by atoms with E-state index in [1.54, 1.807) is 36.4 Å². The van der Waals surface area contributed by atoms with Crippen LogP contribution in [0.4, 0.5) is 5.69 Å². The van der Waals surface area contributed by atoms with Gasteiger partial charge in [0.1, 0.15) is 0 Å². The lowest BCUT2D eigenvalue weighted by molar-refractivity contribution is 0.0941. The third-order valence-corrected chi connectivity index (χ3v) is 7.70. The standard InChI is InChI=1S/C21H16ClIN4O3S2/c1-12(13-2-4-14(22)5-3-13)26-20(28)16-7-6-15(23)10-18(16)27-32(29,30)21-17-11-25-31-19(17)8-9-24-21/h2-12,27H,1H3,(H,26,28). The maximum atomic E-state index is 13.1. The summed E-state index contributed by atoms with van der Waals surface area (Å²) in [5.41, 5.74) is 1.24. The molecule has 4 aromatic rings. The average Bonchev–Trinajstić information content (AvgIpc) is 3.22. The number of sulfonamides is 1. The van der Waals surface area contributed by atoms with Crippen LogP contribution in [0.25, 0.3) is 10.1 Å². The maximum absolute atomic E-state index is 13.1. The van der Waals surface area contributed by atoms with Crippen LogP contribution in [0.15, 0.2) is 66.0 Å². The minimum atomic E-state index is -4.06. The van der Waals surface area contributed by atoms with Gasteiger partial charge in [0.25, 0.3) is 15.9 Å². The lowest BCUT2D eigenvalue weighted by atomic mass is 10.1. The Morgan fingerprint density at radius 1 is 1.16 bits per heavy atom. The van der Waals surface area contributed by atoms with Gasteiger partial charge in [-0.2, -0.15) is 12.8 Å². The normalized spacial score (nSPS) is 12.5. The molecule has 2 N–H and O–H groups in total. The number of rotatable bonds is 6. The number of pyridine rings is 1. The number of nitrogens with one attached hydrogen (secondary N) is 2. The van der Waals surface area contributed by atoms with Crippen LogP contribution in [0.2, 0.25) is 5.02 Å². The lowest BCUT2D eigenvalue weighted by Gasteiger charge is -2.17. The largest absolute Gasteiger partial charge is 0.345 e. The highest BCUT2D eigenvalue weighted by atomic mass is 127. The fourth-order valence-corrected chi connectivity index (χ4v) is 5.62. The van der Waals surface area contributed by atoms with Crippen LogP contribution in [0.3, 0.4) is 0 Å². The third kappa shape index (κ3) is 4.87. The molecule has 0 saturated carbocycles. The molecule has 32 heavy (non-hydrogen) atoms. The van der Waals surface area contributed by atoms with E-state index in [1.165, 1.54) is 23.9 Å². The molecule has 0 radical (unpaired) electrons. The molecule has 2 aromatic heterocycles. The van der Waals surface area contributed by atoms with Crippen LogP contribution in [0, 0.1) is 3.57 Å². The average molecular weight is 599 g/mol. The molecule has 0 aliphatic carbocycles. The first kappa shape index (κ1) is 22.9. The van der Waals surface area contributed by atoms with E-state index in [4.69, 9.17) is 11.6 Å². The summed E-state index contributed by atoms with van der Waals surface area (Å²) in [5, 5.41) is 3.80. The van der Waals surface area contributed by atoms with Crippen LogP contribution >= 0.6 is 45.7 Å². The molecule has 1 unspecified atom stereocenters. The number of benzene rings is 2. The molecule has 0 saturated heterocycles. The Morgan fingerprint density at radius 3 is 2.66 bits per heavy atom. The van der Waals surface area contributed by atoms with Gasteiger partial charge in [-0.3, -0.25) is 9.52 Å². The van der Waals surface area contributed by atoms with Gasteiger partial charge in [0, 0.05) is 14.8 Å². The molecule has 11 heteroatoms. The number of carbonyl (C=O) groups excluding carboxylic acids is 1.